The minimum atomic E-state index is -3.77. The highest BCUT2D eigenvalue weighted by Gasteiger charge is 2.22. The molecule has 0 aliphatic rings. The van der Waals surface area contributed by atoms with Gasteiger partial charge in [-0.05, 0) is 54.1 Å². The summed E-state index contributed by atoms with van der Waals surface area (Å²) in [5.41, 5.74) is 1.72. The lowest BCUT2D eigenvalue weighted by Gasteiger charge is -2.19. The molecule has 9 nitrogen and oxygen atoms in total. The molecule has 10 heteroatoms. The van der Waals surface area contributed by atoms with Crippen LogP contribution in [0.25, 0.3) is 0 Å². The number of carbonyl (C=O) groups is 1. The van der Waals surface area contributed by atoms with E-state index in [1.807, 2.05) is 30.3 Å². The Labute approximate surface area is 197 Å². The topological polar surface area (TPSA) is 115 Å². The van der Waals surface area contributed by atoms with E-state index in [0.29, 0.717) is 18.0 Å². The first-order chi connectivity index (χ1) is 16.4. The molecule has 3 aromatic carbocycles. The average molecular weight is 479 g/mol. The molecule has 1 heterocycles. The van der Waals surface area contributed by atoms with Crippen LogP contribution in [0.5, 0.6) is 5.75 Å². The van der Waals surface area contributed by atoms with Crippen molar-refractivity contribution in [3.8, 4) is 5.75 Å². The first-order valence-electron chi connectivity index (χ1n) is 10.3. The molecule has 34 heavy (non-hydrogen) atoms. The predicted octanol–water partition coefficient (Wildman–Crippen LogP) is 3.75. The van der Waals surface area contributed by atoms with Gasteiger partial charge in [-0.2, -0.15) is 0 Å². The molecule has 1 aromatic heterocycles. The van der Waals surface area contributed by atoms with Crippen molar-refractivity contribution >= 4 is 27.6 Å². The van der Waals surface area contributed by atoms with Gasteiger partial charge in [0.25, 0.3) is 15.9 Å². The summed E-state index contributed by atoms with van der Waals surface area (Å²) in [5, 5.41) is 10.3. The van der Waals surface area contributed by atoms with Gasteiger partial charge in [-0.3, -0.25) is 14.4 Å². The van der Waals surface area contributed by atoms with E-state index in [0.717, 1.165) is 11.3 Å². The highest BCUT2D eigenvalue weighted by molar-refractivity contribution is 7.92. The second-order valence-electron chi connectivity index (χ2n) is 7.31. The highest BCUT2D eigenvalue weighted by Crippen LogP contribution is 2.22. The summed E-state index contributed by atoms with van der Waals surface area (Å²) >= 11 is 0. The number of aromatic nitrogens is 2. The third kappa shape index (κ3) is 5.07. The van der Waals surface area contributed by atoms with Gasteiger partial charge in [-0.1, -0.05) is 35.4 Å². The van der Waals surface area contributed by atoms with Crippen molar-refractivity contribution in [1.29, 1.82) is 0 Å². The van der Waals surface area contributed by atoms with Crippen LogP contribution in [0.1, 0.15) is 21.8 Å². The fourth-order valence-electron chi connectivity index (χ4n) is 3.18. The Bertz CT molecular complexity index is 1370. The van der Waals surface area contributed by atoms with E-state index in [4.69, 9.17) is 9.15 Å². The Kier molecular flexibility index (Phi) is 6.60. The van der Waals surface area contributed by atoms with E-state index in [1.54, 1.807) is 31.4 Å². The van der Waals surface area contributed by atoms with E-state index < -0.39 is 15.9 Å². The number of amides is 1. The van der Waals surface area contributed by atoms with Crippen LogP contribution in [-0.2, 0) is 16.4 Å². The second-order valence-corrected chi connectivity index (χ2v) is 9.28. The van der Waals surface area contributed by atoms with Crippen LogP contribution in [0.4, 0.5) is 11.7 Å². The summed E-state index contributed by atoms with van der Waals surface area (Å²) < 4.78 is 37.6. The van der Waals surface area contributed by atoms with Gasteiger partial charge in [0, 0.05) is 12.6 Å². The Balaban J connectivity index is 1.41. The maximum absolute atomic E-state index is 12.9. The Morgan fingerprint density at radius 2 is 1.65 bits per heavy atom. The first-order valence-corrected chi connectivity index (χ1v) is 11.7. The van der Waals surface area contributed by atoms with Crippen LogP contribution in [0.3, 0.4) is 0 Å². The standard InChI is InChI=1S/C24H22N4O5S/c1-28(19-6-4-3-5-7-19)34(30,31)21-14-10-18(11-15-21)23(29)25-24-27-26-22(33-24)16-17-8-12-20(32-2)13-9-17/h3-15H,16H2,1-2H3,(H,25,27,29). The SMILES string of the molecule is COc1ccc(Cc2nnc(NC(=O)c3ccc(S(=O)(=O)N(C)c4ccccc4)cc3)o2)cc1. The number of nitrogens with one attached hydrogen (secondary N) is 1. The fraction of sp³-hybridized carbons (Fsp3) is 0.125. The number of carbonyl (C=O) groups excluding carboxylic acids is 1. The molecule has 0 unspecified atom stereocenters. The smallest absolute Gasteiger partial charge is 0.322 e. The normalized spacial score (nSPS) is 11.1. The number of methoxy groups -OCH3 is 1. The van der Waals surface area contributed by atoms with Crippen molar-refractivity contribution in [2.45, 2.75) is 11.3 Å². The Morgan fingerprint density at radius 1 is 0.971 bits per heavy atom. The van der Waals surface area contributed by atoms with Gasteiger partial charge in [-0.25, -0.2) is 8.42 Å². The first kappa shape index (κ1) is 23.0. The zero-order chi connectivity index (χ0) is 24.1. The largest absolute Gasteiger partial charge is 0.497 e. The van der Waals surface area contributed by atoms with Crippen molar-refractivity contribution < 1.29 is 22.4 Å². The second kappa shape index (κ2) is 9.75. The van der Waals surface area contributed by atoms with Gasteiger partial charge in [0.15, 0.2) is 0 Å². The highest BCUT2D eigenvalue weighted by atomic mass is 32.2. The van der Waals surface area contributed by atoms with Crippen LogP contribution < -0.4 is 14.4 Å². The van der Waals surface area contributed by atoms with Crippen LogP contribution in [0.15, 0.2) is 88.2 Å². The minimum absolute atomic E-state index is 0.0472. The maximum Gasteiger partial charge on any atom is 0.322 e. The molecule has 0 atom stereocenters. The molecule has 0 aliphatic carbocycles. The molecule has 0 saturated heterocycles. The van der Waals surface area contributed by atoms with Crippen LogP contribution in [0, 0.1) is 0 Å². The van der Waals surface area contributed by atoms with Gasteiger partial charge >= 0.3 is 6.01 Å². The number of rotatable bonds is 8. The number of hydrogen-bond donors (Lipinski definition) is 1. The zero-order valence-electron chi connectivity index (χ0n) is 18.5. The molecule has 174 valence electrons. The molecule has 1 N–H and O–H groups in total. The molecular weight excluding hydrogens is 456 g/mol. The monoisotopic (exact) mass is 478 g/mol. The van der Waals surface area contributed by atoms with Gasteiger partial charge < -0.3 is 9.15 Å². The molecule has 0 fully saturated rings. The number of hydrogen-bond acceptors (Lipinski definition) is 7. The van der Waals surface area contributed by atoms with Gasteiger partial charge in [0.2, 0.25) is 5.89 Å². The van der Waals surface area contributed by atoms with Gasteiger partial charge in [0.1, 0.15) is 5.75 Å². The number of anilines is 2. The molecule has 0 spiro atoms. The summed E-state index contributed by atoms with van der Waals surface area (Å²) in [6.45, 7) is 0. The molecule has 1 amide bonds. The lowest BCUT2D eigenvalue weighted by atomic mass is 10.1. The summed E-state index contributed by atoms with van der Waals surface area (Å²) in [4.78, 5) is 12.6. The van der Waals surface area contributed by atoms with E-state index in [1.165, 1.54) is 35.6 Å². The molecular formula is C24H22N4O5S. The van der Waals surface area contributed by atoms with E-state index in [2.05, 4.69) is 15.5 Å². The van der Waals surface area contributed by atoms with E-state index in [-0.39, 0.29) is 16.5 Å². The lowest BCUT2D eigenvalue weighted by Crippen LogP contribution is -2.26. The zero-order valence-corrected chi connectivity index (χ0v) is 19.3. The van der Waals surface area contributed by atoms with Crippen molar-refractivity contribution in [3.63, 3.8) is 0 Å². The van der Waals surface area contributed by atoms with Gasteiger partial charge in [-0.15, -0.1) is 5.10 Å². The number of ether oxygens (including phenoxy) is 1. The summed E-state index contributed by atoms with van der Waals surface area (Å²) in [5.74, 6) is 0.582. The molecule has 4 rings (SSSR count). The molecule has 0 saturated carbocycles. The molecule has 0 radical (unpaired) electrons. The van der Waals surface area contributed by atoms with Crippen molar-refractivity contribution in [2.24, 2.45) is 0 Å². The third-order valence-corrected chi connectivity index (χ3v) is 6.90. The van der Waals surface area contributed by atoms with Crippen molar-refractivity contribution in [3.05, 3.63) is 95.9 Å². The quantitative estimate of drug-likeness (QED) is 0.410. The summed E-state index contributed by atoms with van der Waals surface area (Å²) in [6.07, 6.45) is 0.397. The number of benzene rings is 3. The van der Waals surface area contributed by atoms with Crippen LogP contribution in [-0.4, -0.2) is 38.7 Å². The maximum atomic E-state index is 12.9. The fourth-order valence-corrected chi connectivity index (χ4v) is 4.37. The Hall–Kier alpha value is -4.18. The summed E-state index contributed by atoms with van der Waals surface area (Å²) in [7, 11) is -0.700. The third-order valence-electron chi connectivity index (χ3n) is 5.10. The summed E-state index contributed by atoms with van der Waals surface area (Å²) in [6, 6.07) is 21.7. The minimum Gasteiger partial charge on any atom is -0.497 e. The van der Waals surface area contributed by atoms with Crippen LogP contribution in [0.2, 0.25) is 0 Å². The number of sulfonamides is 1. The average Bonchev–Trinajstić information content (AvgIpc) is 3.31. The molecule has 4 aromatic rings. The van der Waals surface area contributed by atoms with Crippen molar-refractivity contribution in [1.82, 2.24) is 10.2 Å². The van der Waals surface area contributed by atoms with E-state index >= 15 is 0 Å². The van der Waals surface area contributed by atoms with Crippen LogP contribution >= 0.6 is 0 Å². The number of para-hydroxylation sites is 1. The van der Waals surface area contributed by atoms with Crippen molar-refractivity contribution in [2.75, 3.05) is 23.8 Å². The molecule has 0 aliphatic heterocycles. The number of nitrogens with zero attached hydrogens (tertiary/aromatic N) is 3. The molecule has 0 bridgehead atoms. The van der Waals surface area contributed by atoms with Gasteiger partial charge in [0.05, 0.1) is 24.1 Å². The lowest BCUT2D eigenvalue weighted by molar-refractivity contribution is 0.102. The van der Waals surface area contributed by atoms with E-state index in [9.17, 15) is 13.2 Å². The predicted molar refractivity (Wildman–Crippen MR) is 127 cm³/mol. The Morgan fingerprint density at radius 3 is 2.29 bits per heavy atom.